The topological polar surface area (TPSA) is 109 Å². The van der Waals surface area contributed by atoms with Crippen LogP contribution in [0.2, 0.25) is 0 Å². The Morgan fingerprint density at radius 3 is 2.37 bits per heavy atom. The highest BCUT2D eigenvalue weighted by Gasteiger charge is 2.37. The van der Waals surface area contributed by atoms with Crippen molar-refractivity contribution in [2.75, 3.05) is 18.5 Å². The van der Waals surface area contributed by atoms with E-state index in [1.807, 2.05) is 36.4 Å². The first-order valence-corrected chi connectivity index (χ1v) is 11.7. The van der Waals surface area contributed by atoms with Crippen LogP contribution in [0.15, 0.2) is 65.3 Å². The number of benzene rings is 2. The molecule has 180 valence electrons. The molecule has 1 aliphatic carbocycles. The Morgan fingerprint density at radius 2 is 1.71 bits per heavy atom. The quantitative estimate of drug-likeness (QED) is 0.541. The molecule has 8 heteroatoms. The van der Waals surface area contributed by atoms with Gasteiger partial charge in [0.15, 0.2) is 0 Å². The van der Waals surface area contributed by atoms with Crippen molar-refractivity contribution in [2.24, 2.45) is 5.92 Å². The summed E-state index contributed by atoms with van der Waals surface area (Å²) in [6.45, 7) is 2.29. The van der Waals surface area contributed by atoms with Crippen molar-refractivity contribution in [3.8, 4) is 11.1 Å². The summed E-state index contributed by atoms with van der Waals surface area (Å²) in [5.41, 5.74) is 4.67. The standard InChI is InChI=1S/C27H26N2O6/c1-16-17(26(31)32)11-6-13-29(16)25(30)24-23(12-14-34-24)28-27(33)35-15-22-20-9-4-2-7-18(20)19-8-3-5-10-21(19)22/h2-5,7-10,12,14,16-17,22H,6,11,13,15H2,1H3,(H,28,33)(H,31,32). The molecule has 1 saturated heterocycles. The second kappa shape index (κ2) is 9.29. The highest BCUT2D eigenvalue weighted by Crippen LogP contribution is 2.44. The summed E-state index contributed by atoms with van der Waals surface area (Å²) in [5.74, 6) is -2.15. The number of nitrogens with one attached hydrogen (secondary N) is 1. The number of rotatable bonds is 5. The number of anilines is 1. The predicted octanol–water partition coefficient (Wildman–Crippen LogP) is 4.97. The summed E-state index contributed by atoms with van der Waals surface area (Å²) in [5, 5.41) is 12.1. The minimum atomic E-state index is -0.925. The largest absolute Gasteiger partial charge is 0.481 e. The number of carboxylic acids is 1. The first-order chi connectivity index (χ1) is 17.0. The molecule has 0 bridgehead atoms. The van der Waals surface area contributed by atoms with E-state index in [1.165, 1.54) is 17.2 Å². The molecule has 2 aliphatic rings. The van der Waals surface area contributed by atoms with Gasteiger partial charge in [-0.1, -0.05) is 48.5 Å². The summed E-state index contributed by atoms with van der Waals surface area (Å²) < 4.78 is 11.0. The molecule has 5 rings (SSSR count). The van der Waals surface area contributed by atoms with Gasteiger partial charge in [0, 0.05) is 24.6 Å². The molecular weight excluding hydrogens is 448 g/mol. The van der Waals surface area contributed by atoms with Crippen molar-refractivity contribution in [3.63, 3.8) is 0 Å². The maximum atomic E-state index is 13.1. The number of nitrogens with zero attached hydrogens (tertiary/aromatic N) is 1. The molecule has 2 amide bonds. The van der Waals surface area contributed by atoms with Crippen LogP contribution in [0.25, 0.3) is 11.1 Å². The Balaban J connectivity index is 1.27. The number of furan rings is 1. The maximum Gasteiger partial charge on any atom is 0.411 e. The molecule has 2 unspecified atom stereocenters. The fourth-order valence-corrected chi connectivity index (χ4v) is 5.21. The molecule has 1 aromatic heterocycles. The predicted molar refractivity (Wildman–Crippen MR) is 128 cm³/mol. The number of piperidine rings is 1. The van der Waals surface area contributed by atoms with Crippen molar-refractivity contribution < 1.29 is 28.6 Å². The van der Waals surface area contributed by atoms with Gasteiger partial charge in [0.05, 0.1) is 17.9 Å². The van der Waals surface area contributed by atoms with E-state index in [4.69, 9.17) is 9.15 Å². The molecular formula is C27H26N2O6. The van der Waals surface area contributed by atoms with Crippen molar-refractivity contribution >= 4 is 23.7 Å². The van der Waals surface area contributed by atoms with Gasteiger partial charge in [0.25, 0.3) is 5.91 Å². The van der Waals surface area contributed by atoms with Crippen LogP contribution < -0.4 is 5.32 Å². The minimum Gasteiger partial charge on any atom is -0.481 e. The lowest BCUT2D eigenvalue weighted by molar-refractivity contribution is -0.145. The van der Waals surface area contributed by atoms with Gasteiger partial charge in [0.1, 0.15) is 6.61 Å². The van der Waals surface area contributed by atoms with E-state index < -0.39 is 29.9 Å². The van der Waals surface area contributed by atoms with E-state index in [0.29, 0.717) is 19.4 Å². The van der Waals surface area contributed by atoms with Gasteiger partial charge < -0.3 is 19.2 Å². The fourth-order valence-electron chi connectivity index (χ4n) is 5.21. The van der Waals surface area contributed by atoms with E-state index in [-0.39, 0.29) is 24.0 Å². The number of hydrogen-bond acceptors (Lipinski definition) is 5. The zero-order valence-electron chi connectivity index (χ0n) is 19.3. The van der Waals surface area contributed by atoms with Crippen molar-refractivity contribution in [1.29, 1.82) is 0 Å². The third kappa shape index (κ3) is 4.16. The summed E-state index contributed by atoms with van der Waals surface area (Å²) in [6, 6.07) is 17.1. The average molecular weight is 475 g/mol. The lowest BCUT2D eigenvalue weighted by Gasteiger charge is -2.37. The molecule has 0 spiro atoms. The fraction of sp³-hybridized carbons (Fsp3) is 0.296. The van der Waals surface area contributed by atoms with Gasteiger partial charge in [-0.05, 0) is 42.0 Å². The molecule has 2 atom stereocenters. The Morgan fingerprint density at radius 1 is 1.06 bits per heavy atom. The van der Waals surface area contributed by atoms with Crippen molar-refractivity contribution in [3.05, 3.63) is 77.7 Å². The van der Waals surface area contributed by atoms with Gasteiger partial charge in [-0.25, -0.2) is 4.79 Å². The molecule has 35 heavy (non-hydrogen) atoms. The SMILES string of the molecule is CC1C(C(=O)O)CCCN1C(=O)c1occc1NC(=O)OCC1c2ccccc2-c2ccccc21. The molecule has 1 aliphatic heterocycles. The number of hydrogen-bond donors (Lipinski definition) is 2. The molecule has 0 saturated carbocycles. The summed E-state index contributed by atoms with van der Waals surface area (Å²) in [6.07, 6.45) is 1.72. The summed E-state index contributed by atoms with van der Waals surface area (Å²) in [7, 11) is 0. The number of carbonyl (C=O) groups is 3. The zero-order chi connectivity index (χ0) is 24.5. The van der Waals surface area contributed by atoms with Crippen LogP contribution in [-0.4, -0.2) is 47.2 Å². The summed E-state index contributed by atoms with van der Waals surface area (Å²) in [4.78, 5) is 38.8. The van der Waals surface area contributed by atoms with Crippen LogP contribution in [0, 0.1) is 5.92 Å². The Kier molecular flexibility index (Phi) is 6.03. The molecule has 2 aromatic carbocycles. The zero-order valence-corrected chi connectivity index (χ0v) is 19.3. The van der Waals surface area contributed by atoms with Crippen molar-refractivity contribution in [2.45, 2.75) is 31.7 Å². The summed E-state index contributed by atoms with van der Waals surface area (Å²) >= 11 is 0. The Bertz CT molecular complexity index is 1240. The van der Waals surface area contributed by atoms with E-state index in [9.17, 15) is 19.5 Å². The molecule has 3 aromatic rings. The smallest absolute Gasteiger partial charge is 0.411 e. The minimum absolute atomic E-state index is 0.0450. The molecule has 2 heterocycles. The number of fused-ring (bicyclic) bond motifs is 3. The Hall–Kier alpha value is -4.07. The number of amides is 2. The number of carboxylic acid groups (broad SMARTS) is 1. The molecule has 0 radical (unpaired) electrons. The van der Waals surface area contributed by atoms with E-state index >= 15 is 0 Å². The number of ether oxygens (including phenoxy) is 1. The van der Waals surface area contributed by atoms with Gasteiger partial charge in [0.2, 0.25) is 5.76 Å². The number of aliphatic carboxylic acids is 1. The first-order valence-electron chi connectivity index (χ1n) is 11.7. The second-order valence-electron chi connectivity index (χ2n) is 8.94. The van der Waals surface area contributed by atoms with E-state index in [2.05, 4.69) is 17.4 Å². The van der Waals surface area contributed by atoms with Crippen molar-refractivity contribution in [1.82, 2.24) is 4.90 Å². The van der Waals surface area contributed by atoms with Gasteiger partial charge >= 0.3 is 12.1 Å². The van der Waals surface area contributed by atoms with Crippen LogP contribution in [0.1, 0.15) is 47.4 Å². The lowest BCUT2D eigenvalue weighted by atomic mass is 9.90. The molecule has 1 fully saturated rings. The average Bonchev–Trinajstić information content (AvgIpc) is 3.44. The molecule has 8 nitrogen and oxygen atoms in total. The highest BCUT2D eigenvalue weighted by molar-refractivity contribution is 6.00. The Labute approximate surface area is 202 Å². The van der Waals surface area contributed by atoms with E-state index in [0.717, 1.165) is 22.3 Å². The highest BCUT2D eigenvalue weighted by atomic mass is 16.5. The second-order valence-corrected chi connectivity index (χ2v) is 8.94. The van der Waals surface area contributed by atoms with Gasteiger partial charge in [-0.3, -0.25) is 14.9 Å². The van der Waals surface area contributed by atoms with Crippen LogP contribution >= 0.6 is 0 Å². The van der Waals surface area contributed by atoms with Crippen LogP contribution in [0.5, 0.6) is 0 Å². The first kappa shape index (κ1) is 22.7. The van der Waals surface area contributed by atoms with E-state index in [1.54, 1.807) is 6.92 Å². The normalized spacial score (nSPS) is 19.1. The van der Waals surface area contributed by atoms with Crippen LogP contribution in [-0.2, 0) is 9.53 Å². The number of likely N-dealkylation sites (tertiary alicyclic amines) is 1. The maximum absolute atomic E-state index is 13.1. The monoisotopic (exact) mass is 474 g/mol. The molecule has 2 N–H and O–H groups in total. The lowest BCUT2D eigenvalue weighted by Crippen LogP contribution is -2.49. The van der Waals surface area contributed by atoms with Gasteiger partial charge in [-0.2, -0.15) is 0 Å². The number of carbonyl (C=O) groups excluding carboxylic acids is 2. The third-order valence-corrected chi connectivity index (χ3v) is 7.01. The third-order valence-electron chi connectivity index (χ3n) is 7.01. The van der Waals surface area contributed by atoms with Crippen LogP contribution in [0.4, 0.5) is 10.5 Å². The van der Waals surface area contributed by atoms with Crippen LogP contribution in [0.3, 0.4) is 0 Å². The van der Waals surface area contributed by atoms with Gasteiger partial charge in [-0.15, -0.1) is 0 Å².